The van der Waals surface area contributed by atoms with Gasteiger partial charge in [0.25, 0.3) is 5.91 Å². The van der Waals surface area contributed by atoms with Crippen LogP contribution in [0.5, 0.6) is 0 Å². The molecule has 0 saturated carbocycles. The Labute approximate surface area is 149 Å². The second-order valence-electron chi connectivity index (χ2n) is 5.48. The van der Waals surface area contributed by atoms with Crippen LogP contribution in [-0.2, 0) is 4.74 Å². The zero-order valence-corrected chi connectivity index (χ0v) is 15.6. The third-order valence-corrected chi connectivity index (χ3v) is 6.45. The molecule has 0 spiro atoms. The van der Waals surface area contributed by atoms with E-state index in [-0.39, 0.29) is 12.0 Å². The van der Waals surface area contributed by atoms with Crippen molar-refractivity contribution in [2.24, 2.45) is 0 Å². The standard InChI is InChI=1S/C16H19ClN2O2S2/c1-3-21-11-6-8-19(9-7-11)16(20)14-10(2)18-15(23-14)12-4-5-13(17)22-12/h4-5,11H,3,6-9H2,1-2H3. The fourth-order valence-corrected chi connectivity index (χ4v) is 4.87. The molecule has 1 amide bonds. The highest BCUT2D eigenvalue weighted by Crippen LogP contribution is 2.35. The normalized spacial score (nSPS) is 16.0. The first-order valence-corrected chi connectivity index (χ1v) is 9.73. The number of amides is 1. The van der Waals surface area contributed by atoms with Gasteiger partial charge in [-0.25, -0.2) is 4.98 Å². The number of thiazole rings is 1. The van der Waals surface area contributed by atoms with Crippen LogP contribution in [0.15, 0.2) is 12.1 Å². The molecule has 1 fully saturated rings. The molecular formula is C16H19ClN2O2S2. The predicted octanol–water partition coefficient (Wildman–Crippen LogP) is 4.47. The molecule has 0 atom stereocenters. The fraction of sp³-hybridized carbons (Fsp3) is 0.500. The number of piperidine rings is 1. The number of aromatic nitrogens is 1. The quantitative estimate of drug-likeness (QED) is 0.797. The molecule has 0 radical (unpaired) electrons. The molecule has 3 heterocycles. The number of nitrogens with zero attached hydrogens (tertiary/aromatic N) is 2. The first kappa shape index (κ1) is 16.9. The van der Waals surface area contributed by atoms with Crippen LogP contribution in [0.4, 0.5) is 0 Å². The minimum Gasteiger partial charge on any atom is -0.378 e. The van der Waals surface area contributed by atoms with E-state index in [0.717, 1.165) is 57.3 Å². The lowest BCUT2D eigenvalue weighted by atomic mass is 10.1. The molecular weight excluding hydrogens is 352 g/mol. The van der Waals surface area contributed by atoms with E-state index in [4.69, 9.17) is 16.3 Å². The number of halogens is 1. The van der Waals surface area contributed by atoms with Crippen molar-refractivity contribution in [1.29, 1.82) is 0 Å². The number of carbonyl (C=O) groups excluding carboxylic acids is 1. The van der Waals surface area contributed by atoms with Gasteiger partial charge >= 0.3 is 0 Å². The number of thiophene rings is 1. The topological polar surface area (TPSA) is 42.4 Å². The maximum Gasteiger partial charge on any atom is 0.265 e. The third kappa shape index (κ3) is 3.76. The van der Waals surface area contributed by atoms with E-state index in [1.54, 1.807) is 0 Å². The highest BCUT2D eigenvalue weighted by Gasteiger charge is 2.26. The van der Waals surface area contributed by atoms with E-state index in [2.05, 4.69) is 4.98 Å². The Morgan fingerprint density at radius 3 is 2.74 bits per heavy atom. The van der Waals surface area contributed by atoms with Crippen LogP contribution < -0.4 is 0 Å². The molecule has 7 heteroatoms. The van der Waals surface area contributed by atoms with Crippen LogP contribution in [0, 0.1) is 6.92 Å². The van der Waals surface area contributed by atoms with Gasteiger partial charge in [-0.15, -0.1) is 22.7 Å². The van der Waals surface area contributed by atoms with Crippen LogP contribution in [0.3, 0.4) is 0 Å². The molecule has 0 aliphatic carbocycles. The van der Waals surface area contributed by atoms with E-state index in [1.165, 1.54) is 22.7 Å². The maximum absolute atomic E-state index is 12.8. The SMILES string of the molecule is CCOC1CCN(C(=O)c2sc(-c3ccc(Cl)s3)nc2C)CC1. The molecule has 124 valence electrons. The van der Waals surface area contributed by atoms with Gasteiger partial charge in [0.2, 0.25) is 0 Å². The minimum absolute atomic E-state index is 0.0869. The Morgan fingerprint density at radius 1 is 1.39 bits per heavy atom. The molecule has 3 rings (SSSR count). The average Bonchev–Trinajstić information content (AvgIpc) is 3.14. The summed E-state index contributed by atoms with van der Waals surface area (Å²) < 4.78 is 6.38. The highest BCUT2D eigenvalue weighted by molar-refractivity contribution is 7.24. The van der Waals surface area contributed by atoms with Gasteiger partial charge in [-0.3, -0.25) is 4.79 Å². The number of hydrogen-bond acceptors (Lipinski definition) is 5. The number of carbonyl (C=O) groups is 1. The van der Waals surface area contributed by atoms with E-state index in [0.29, 0.717) is 0 Å². The van der Waals surface area contributed by atoms with Crippen LogP contribution in [0.2, 0.25) is 4.34 Å². The molecule has 0 N–H and O–H groups in total. The summed E-state index contributed by atoms with van der Waals surface area (Å²) in [7, 11) is 0. The summed E-state index contributed by atoms with van der Waals surface area (Å²) in [5, 5.41) is 0.868. The molecule has 23 heavy (non-hydrogen) atoms. The van der Waals surface area contributed by atoms with Crippen LogP contribution >= 0.6 is 34.3 Å². The van der Waals surface area contributed by atoms with Gasteiger partial charge in [0.05, 0.1) is 21.0 Å². The summed E-state index contributed by atoms with van der Waals surface area (Å²) in [4.78, 5) is 21.0. The average molecular weight is 371 g/mol. The second kappa shape index (κ2) is 7.30. The van der Waals surface area contributed by atoms with Gasteiger partial charge in [-0.2, -0.15) is 0 Å². The van der Waals surface area contributed by atoms with Crippen molar-refractivity contribution in [2.75, 3.05) is 19.7 Å². The van der Waals surface area contributed by atoms with Gasteiger partial charge in [-0.1, -0.05) is 11.6 Å². The van der Waals surface area contributed by atoms with Crippen molar-refractivity contribution in [2.45, 2.75) is 32.8 Å². The lowest BCUT2D eigenvalue weighted by molar-refractivity contribution is 0.0147. The number of hydrogen-bond donors (Lipinski definition) is 0. The number of ether oxygens (including phenoxy) is 1. The predicted molar refractivity (Wildman–Crippen MR) is 95.7 cm³/mol. The van der Waals surface area contributed by atoms with Crippen molar-refractivity contribution in [1.82, 2.24) is 9.88 Å². The van der Waals surface area contributed by atoms with Crippen LogP contribution in [0.1, 0.15) is 35.1 Å². The molecule has 1 aliphatic rings. The Kier molecular flexibility index (Phi) is 5.36. The first-order chi connectivity index (χ1) is 11.1. The Bertz CT molecular complexity index is 690. The van der Waals surface area contributed by atoms with Crippen molar-refractivity contribution in [3.8, 4) is 9.88 Å². The van der Waals surface area contributed by atoms with Crippen molar-refractivity contribution < 1.29 is 9.53 Å². The molecule has 2 aromatic heterocycles. The van der Waals surface area contributed by atoms with Crippen molar-refractivity contribution in [3.63, 3.8) is 0 Å². The summed E-state index contributed by atoms with van der Waals surface area (Å²) in [6.07, 6.45) is 2.10. The van der Waals surface area contributed by atoms with E-state index < -0.39 is 0 Å². The molecule has 1 saturated heterocycles. The summed E-state index contributed by atoms with van der Waals surface area (Å²) in [6.45, 7) is 6.15. The summed E-state index contributed by atoms with van der Waals surface area (Å²) in [5.74, 6) is 0.0869. The third-order valence-electron chi connectivity index (χ3n) is 3.91. The minimum atomic E-state index is 0.0869. The Morgan fingerprint density at radius 2 is 2.13 bits per heavy atom. The van der Waals surface area contributed by atoms with Gasteiger partial charge in [0.1, 0.15) is 9.88 Å². The molecule has 1 aliphatic heterocycles. The lowest BCUT2D eigenvalue weighted by Crippen LogP contribution is -2.40. The fourth-order valence-electron chi connectivity index (χ4n) is 2.73. The van der Waals surface area contributed by atoms with Crippen LogP contribution in [-0.4, -0.2) is 41.6 Å². The van der Waals surface area contributed by atoms with Crippen molar-refractivity contribution in [3.05, 3.63) is 27.0 Å². The van der Waals surface area contributed by atoms with Crippen LogP contribution in [0.25, 0.3) is 9.88 Å². The first-order valence-electron chi connectivity index (χ1n) is 7.72. The summed E-state index contributed by atoms with van der Waals surface area (Å²) in [5.41, 5.74) is 0.798. The second-order valence-corrected chi connectivity index (χ2v) is 8.20. The molecule has 0 bridgehead atoms. The zero-order chi connectivity index (χ0) is 16.4. The number of aryl methyl sites for hydroxylation is 1. The van der Waals surface area contributed by atoms with E-state index >= 15 is 0 Å². The Balaban J connectivity index is 1.72. The molecule has 0 unspecified atom stereocenters. The van der Waals surface area contributed by atoms with Gasteiger partial charge in [0, 0.05) is 19.7 Å². The molecule has 2 aromatic rings. The van der Waals surface area contributed by atoms with E-state index in [9.17, 15) is 4.79 Å². The summed E-state index contributed by atoms with van der Waals surface area (Å²) in [6, 6.07) is 3.81. The van der Waals surface area contributed by atoms with Gasteiger partial charge in [-0.05, 0) is 38.8 Å². The maximum atomic E-state index is 12.8. The Hall–Kier alpha value is -0.950. The molecule has 0 aromatic carbocycles. The van der Waals surface area contributed by atoms with Gasteiger partial charge < -0.3 is 9.64 Å². The number of likely N-dealkylation sites (tertiary alicyclic amines) is 1. The zero-order valence-electron chi connectivity index (χ0n) is 13.2. The summed E-state index contributed by atoms with van der Waals surface area (Å²) >= 11 is 8.93. The smallest absolute Gasteiger partial charge is 0.265 e. The van der Waals surface area contributed by atoms with E-state index in [1.807, 2.05) is 30.9 Å². The lowest BCUT2D eigenvalue weighted by Gasteiger charge is -2.31. The monoisotopic (exact) mass is 370 g/mol. The largest absolute Gasteiger partial charge is 0.378 e. The van der Waals surface area contributed by atoms with Crippen molar-refractivity contribution >= 4 is 40.2 Å². The van der Waals surface area contributed by atoms with Gasteiger partial charge in [0.15, 0.2) is 0 Å². The number of rotatable bonds is 4. The highest BCUT2D eigenvalue weighted by atomic mass is 35.5. The molecule has 4 nitrogen and oxygen atoms in total.